The first-order chi connectivity index (χ1) is 9.43. The topological polar surface area (TPSA) is 54.5 Å². The van der Waals surface area contributed by atoms with Gasteiger partial charge < -0.3 is 4.90 Å². The highest BCUT2D eigenvalue weighted by Gasteiger charge is 2.29. The Balaban J connectivity index is 3.15. The number of carbonyl (C=O) groups is 1. The zero-order valence-electron chi connectivity index (χ0n) is 12.5. The average molecular weight is 336 g/mol. The van der Waals surface area contributed by atoms with Crippen molar-refractivity contribution in [2.75, 3.05) is 18.6 Å². The summed E-state index contributed by atoms with van der Waals surface area (Å²) in [5.74, 6) is -1.33. The maximum Gasteiger partial charge on any atom is 0.255 e. The van der Waals surface area contributed by atoms with Gasteiger partial charge in [0.25, 0.3) is 5.91 Å². The Labute approximate surface area is 129 Å². The van der Waals surface area contributed by atoms with Gasteiger partial charge in [0.15, 0.2) is 0 Å². The standard InChI is InChI=1S/C14H19ClFNO3S/c1-14(2,3)17(8-9-21(4,19)20)13(18)10-6-5-7-11(16)12(10)15/h5-7H,8-9H2,1-4H3. The fourth-order valence-corrected chi connectivity index (χ4v) is 2.53. The van der Waals surface area contributed by atoms with Crippen LogP contribution in [0.5, 0.6) is 0 Å². The maximum atomic E-state index is 13.5. The molecule has 1 amide bonds. The summed E-state index contributed by atoms with van der Waals surface area (Å²) in [6, 6.07) is 3.98. The zero-order chi connectivity index (χ0) is 16.4. The third kappa shape index (κ3) is 4.97. The summed E-state index contributed by atoms with van der Waals surface area (Å²) in [7, 11) is -3.21. The molecule has 0 atom stereocenters. The van der Waals surface area contributed by atoms with Gasteiger partial charge in [-0.3, -0.25) is 4.79 Å². The summed E-state index contributed by atoms with van der Waals surface area (Å²) in [5, 5.41) is -0.254. The number of benzene rings is 1. The third-order valence-corrected chi connectivity index (χ3v) is 4.23. The predicted octanol–water partition coefficient (Wildman–Crippen LogP) is 2.76. The number of sulfone groups is 1. The van der Waals surface area contributed by atoms with Gasteiger partial charge in [-0.2, -0.15) is 0 Å². The molecule has 0 aromatic heterocycles. The number of rotatable bonds is 4. The molecule has 21 heavy (non-hydrogen) atoms. The number of nitrogens with zero attached hydrogens (tertiary/aromatic N) is 1. The molecule has 0 radical (unpaired) electrons. The highest BCUT2D eigenvalue weighted by Crippen LogP contribution is 2.24. The molecule has 118 valence electrons. The van der Waals surface area contributed by atoms with E-state index in [4.69, 9.17) is 11.6 Å². The van der Waals surface area contributed by atoms with Crippen LogP contribution >= 0.6 is 11.6 Å². The molecule has 0 N–H and O–H groups in total. The molecule has 1 aromatic rings. The van der Waals surface area contributed by atoms with Crippen molar-refractivity contribution in [3.8, 4) is 0 Å². The van der Waals surface area contributed by atoms with E-state index in [9.17, 15) is 17.6 Å². The minimum atomic E-state index is -3.21. The number of amides is 1. The van der Waals surface area contributed by atoms with Crippen molar-refractivity contribution >= 4 is 27.3 Å². The normalized spacial score (nSPS) is 12.3. The van der Waals surface area contributed by atoms with Gasteiger partial charge >= 0.3 is 0 Å². The first-order valence-electron chi connectivity index (χ1n) is 6.37. The molecule has 0 heterocycles. The van der Waals surface area contributed by atoms with E-state index in [1.54, 1.807) is 20.8 Å². The first-order valence-corrected chi connectivity index (χ1v) is 8.81. The highest BCUT2D eigenvalue weighted by atomic mass is 35.5. The van der Waals surface area contributed by atoms with E-state index in [1.807, 2.05) is 0 Å². The summed E-state index contributed by atoms with van der Waals surface area (Å²) >= 11 is 5.83. The van der Waals surface area contributed by atoms with E-state index < -0.39 is 27.1 Å². The predicted molar refractivity (Wildman–Crippen MR) is 81.9 cm³/mol. The molecule has 1 aromatic carbocycles. The fourth-order valence-electron chi connectivity index (χ4n) is 1.81. The Hall–Kier alpha value is -1.14. The zero-order valence-corrected chi connectivity index (χ0v) is 14.1. The largest absolute Gasteiger partial charge is 0.333 e. The lowest BCUT2D eigenvalue weighted by Gasteiger charge is -2.36. The van der Waals surface area contributed by atoms with Gasteiger partial charge in [-0.15, -0.1) is 0 Å². The average Bonchev–Trinajstić information content (AvgIpc) is 2.29. The van der Waals surface area contributed by atoms with Crippen LogP contribution in [0.15, 0.2) is 18.2 Å². The van der Waals surface area contributed by atoms with Crippen molar-refractivity contribution in [2.24, 2.45) is 0 Å². The van der Waals surface area contributed by atoms with Crippen LogP contribution in [0, 0.1) is 5.82 Å². The minimum Gasteiger partial charge on any atom is -0.333 e. The number of hydrogen-bond acceptors (Lipinski definition) is 3. The van der Waals surface area contributed by atoms with E-state index in [0.717, 1.165) is 12.3 Å². The van der Waals surface area contributed by atoms with Gasteiger partial charge in [0.05, 0.1) is 16.3 Å². The lowest BCUT2D eigenvalue weighted by atomic mass is 10.0. The van der Waals surface area contributed by atoms with Crippen molar-refractivity contribution in [1.82, 2.24) is 4.90 Å². The first kappa shape index (κ1) is 17.9. The Bertz CT molecular complexity index is 638. The molecule has 0 aliphatic rings. The minimum absolute atomic E-state index is 0.0218. The molecular weight excluding hydrogens is 317 g/mol. The van der Waals surface area contributed by atoms with Gasteiger partial charge in [-0.05, 0) is 32.9 Å². The van der Waals surface area contributed by atoms with Crippen molar-refractivity contribution in [2.45, 2.75) is 26.3 Å². The second-order valence-corrected chi connectivity index (χ2v) is 8.50. The summed E-state index contributed by atoms with van der Waals surface area (Å²) in [6.07, 6.45) is 1.10. The molecule has 1 rings (SSSR count). The molecule has 0 saturated carbocycles. The summed E-state index contributed by atoms with van der Waals surface area (Å²) in [5.41, 5.74) is -0.586. The second kappa shape index (κ2) is 6.32. The van der Waals surface area contributed by atoms with E-state index in [1.165, 1.54) is 17.0 Å². The molecule has 0 bridgehead atoms. The van der Waals surface area contributed by atoms with E-state index >= 15 is 0 Å². The van der Waals surface area contributed by atoms with Crippen LogP contribution in [0.2, 0.25) is 5.02 Å². The van der Waals surface area contributed by atoms with Crippen molar-refractivity contribution in [3.05, 3.63) is 34.6 Å². The van der Waals surface area contributed by atoms with Crippen molar-refractivity contribution < 1.29 is 17.6 Å². The van der Waals surface area contributed by atoms with Gasteiger partial charge in [-0.1, -0.05) is 17.7 Å². The van der Waals surface area contributed by atoms with E-state index in [0.29, 0.717) is 0 Å². The Morgan fingerprint density at radius 3 is 2.38 bits per heavy atom. The van der Waals surface area contributed by atoms with Gasteiger partial charge in [-0.25, -0.2) is 12.8 Å². The van der Waals surface area contributed by atoms with Gasteiger partial charge in [0, 0.05) is 18.3 Å². The summed E-state index contributed by atoms with van der Waals surface area (Å²) in [4.78, 5) is 13.9. The van der Waals surface area contributed by atoms with Gasteiger partial charge in [0.2, 0.25) is 0 Å². The van der Waals surface area contributed by atoms with Crippen molar-refractivity contribution in [1.29, 1.82) is 0 Å². The Kier molecular flexibility index (Phi) is 5.39. The smallest absolute Gasteiger partial charge is 0.255 e. The number of hydrogen-bond donors (Lipinski definition) is 0. The van der Waals surface area contributed by atoms with Crippen molar-refractivity contribution in [3.63, 3.8) is 0 Å². The number of carbonyl (C=O) groups excluding carboxylic acids is 1. The molecule has 0 aliphatic heterocycles. The Morgan fingerprint density at radius 1 is 1.33 bits per heavy atom. The third-order valence-electron chi connectivity index (χ3n) is 2.92. The fraction of sp³-hybridized carbons (Fsp3) is 0.500. The van der Waals surface area contributed by atoms with E-state index in [-0.39, 0.29) is 22.9 Å². The maximum absolute atomic E-state index is 13.5. The molecule has 0 unspecified atom stereocenters. The van der Waals surface area contributed by atoms with Gasteiger partial charge in [0.1, 0.15) is 15.7 Å². The van der Waals surface area contributed by atoms with E-state index in [2.05, 4.69) is 0 Å². The lowest BCUT2D eigenvalue weighted by Crippen LogP contribution is -2.47. The molecule has 7 heteroatoms. The quantitative estimate of drug-likeness (QED) is 0.850. The molecule has 0 aliphatic carbocycles. The van der Waals surface area contributed by atoms with Crippen LogP contribution in [-0.2, 0) is 9.84 Å². The SMILES string of the molecule is CC(C)(C)N(CCS(C)(=O)=O)C(=O)c1cccc(F)c1Cl. The lowest BCUT2D eigenvalue weighted by molar-refractivity contribution is 0.0601. The summed E-state index contributed by atoms with van der Waals surface area (Å²) < 4.78 is 36.1. The molecular formula is C14H19ClFNO3S. The number of halogens is 2. The molecule has 0 fully saturated rings. The van der Waals surface area contributed by atoms with Crippen LogP contribution < -0.4 is 0 Å². The van der Waals surface area contributed by atoms with Crippen LogP contribution in [0.25, 0.3) is 0 Å². The molecule has 4 nitrogen and oxygen atoms in total. The van der Waals surface area contributed by atoms with Crippen LogP contribution in [0.3, 0.4) is 0 Å². The highest BCUT2D eigenvalue weighted by molar-refractivity contribution is 7.90. The molecule has 0 spiro atoms. The molecule has 0 saturated heterocycles. The van der Waals surface area contributed by atoms with Crippen LogP contribution in [0.1, 0.15) is 31.1 Å². The van der Waals surface area contributed by atoms with Crippen LogP contribution in [-0.4, -0.2) is 43.3 Å². The monoisotopic (exact) mass is 335 g/mol. The second-order valence-electron chi connectivity index (χ2n) is 5.86. The summed E-state index contributed by atoms with van der Waals surface area (Å²) in [6.45, 7) is 5.36. The van der Waals surface area contributed by atoms with Crippen LogP contribution in [0.4, 0.5) is 4.39 Å². The Morgan fingerprint density at radius 2 is 1.90 bits per heavy atom.